The summed E-state index contributed by atoms with van der Waals surface area (Å²) in [5.74, 6) is -0.106. The Morgan fingerprint density at radius 3 is 2.62 bits per heavy atom. The number of methoxy groups -OCH3 is 2. The van der Waals surface area contributed by atoms with Crippen molar-refractivity contribution in [3.05, 3.63) is 17.9 Å². The van der Waals surface area contributed by atoms with Crippen LogP contribution in [0.1, 0.15) is 25.7 Å². The zero-order chi connectivity index (χ0) is 15.4. The summed E-state index contributed by atoms with van der Waals surface area (Å²) in [6, 6.07) is 2.68. The second-order valence-corrected chi connectivity index (χ2v) is 5.29. The average molecular weight is 296 g/mol. The fourth-order valence-corrected chi connectivity index (χ4v) is 2.72. The molecular formula is C15H21FN2O3. The number of halogens is 1. The maximum atomic E-state index is 13.7. The Morgan fingerprint density at radius 2 is 2.05 bits per heavy atom. The van der Waals surface area contributed by atoms with Gasteiger partial charge in [-0.05, 0) is 18.8 Å². The topological polar surface area (TPSA) is 73.6 Å². The Labute approximate surface area is 123 Å². The summed E-state index contributed by atoms with van der Waals surface area (Å²) in [6.07, 6.45) is 3.32. The van der Waals surface area contributed by atoms with Crippen LogP contribution in [0.5, 0.6) is 11.5 Å². The molecule has 1 aliphatic rings. The minimum absolute atomic E-state index is 0.0719. The van der Waals surface area contributed by atoms with E-state index in [9.17, 15) is 9.18 Å². The van der Waals surface area contributed by atoms with E-state index in [1.165, 1.54) is 26.4 Å². The van der Waals surface area contributed by atoms with Gasteiger partial charge in [0.25, 0.3) is 0 Å². The van der Waals surface area contributed by atoms with Crippen molar-refractivity contribution in [3.63, 3.8) is 0 Å². The van der Waals surface area contributed by atoms with Gasteiger partial charge in [-0.3, -0.25) is 4.79 Å². The van der Waals surface area contributed by atoms with Crippen molar-refractivity contribution in [1.29, 1.82) is 0 Å². The van der Waals surface area contributed by atoms with Crippen LogP contribution in [0.3, 0.4) is 0 Å². The summed E-state index contributed by atoms with van der Waals surface area (Å²) in [5.41, 5.74) is 6.26. The molecule has 0 heterocycles. The molecule has 21 heavy (non-hydrogen) atoms. The van der Waals surface area contributed by atoms with E-state index >= 15 is 0 Å². The van der Waals surface area contributed by atoms with Crippen molar-refractivity contribution in [2.75, 3.05) is 19.5 Å². The summed E-state index contributed by atoms with van der Waals surface area (Å²) in [4.78, 5) is 12.1. The fourth-order valence-electron chi connectivity index (χ4n) is 2.72. The van der Waals surface area contributed by atoms with Crippen LogP contribution in [0.25, 0.3) is 0 Å². The number of hydrogen-bond donors (Lipinski definition) is 2. The molecule has 6 heteroatoms. The lowest BCUT2D eigenvalue weighted by molar-refractivity contribution is -0.117. The summed E-state index contributed by atoms with van der Waals surface area (Å²) >= 11 is 0. The predicted molar refractivity (Wildman–Crippen MR) is 78.1 cm³/mol. The molecule has 0 spiro atoms. The van der Waals surface area contributed by atoms with Gasteiger partial charge in [-0.15, -0.1) is 0 Å². The van der Waals surface area contributed by atoms with Gasteiger partial charge in [0.1, 0.15) is 5.75 Å². The van der Waals surface area contributed by atoms with Crippen LogP contribution in [-0.2, 0) is 4.79 Å². The molecule has 1 aliphatic carbocycles. The minimum Gasteiger partial charge on any atom is -0.494 e. The molecule has 2 rings (SSSR count). The summed E-state index contributed by atoms with van der Waals surface area (Å²) in [6.45, 7) is 0. The number of hydrogen-bond acceptors (Lipinski definition) is 4. The number of nitrogens with one attached hydrogen (secondary N) is 1. The number of benzene rings is 1. The number of amides is 1. The van der Waals surface area contributed by atoms with E-state index < -0.39 is 5.82 Å². The van der Waals surface area contributed by atoms with E-state index in [2.05, 4.69) is 5.32 Å². The van der Waals surface area contributed by atoms with Crippen LogP contribution in [0, 0.1) is 11.7 Å². The van der Waals surface area contributed by atoms with E-state index in [0.717, 1.165) is 19.3 Å². The van der Waals surface area contributed by atoms with Crippen LogP contribution in [0.4, 0.5) is 10.1 Å². The number of rotatable bonds is 5. The lowest BCUT2D eigenvalue weighted by atomic mass is 10.00. The van der Waals surface area contributed by atoms with Crippen molar-refractivity contribution in [3.8, 4) is 11.5 Å². The Morgan fingerprint density at radius 1 is 1.33 bits per heavy atom. The Kier molecular flexibility index (Phi) is 5.01. The maximum Gasteiger partial charge on any atom is 0.224 e. The van der Waals surface area contributed by atoms with E-state index in [1.807, 2.05) is 0 Å². The van der Waals surface area contributed by atoms with Gasteiger partial charge in [0.2, 0.25) is 5.91 Å². The highest BCUT2D eigenvalue weighted by molar-refractivity contribution is 5.92. The van der Waals surface area contributed by atoms with E-state index in [0.29, 0.717) is 17.9 Å². The Hall–Kier alpha value is -1.82. The van der Waals surface area contributed by atoms with E-state index in [4.69, 9.17) is 15.2 Å². The van der Waals surface area contributed by atoms with Crippen LogP contribution in [0.15, 0.2) is 12.1 Å². The number of carbonyl (C=O) groups is 1. The highest BCUT2D eigenvalue weighted by atomic mass is 19.1. The van der Waals surface area contributed by atoms with Crippen LogP contribution in [0.2, 0.25) is 0 Å². The SMILES string of the molecule is COc1cc(OC)c(NC(=O)C[C@@H]2CCC[C@H]2N)cc1F. The molecule has 0 aliphatic heterocycles. The highest BCUT2D eigenvalue weighted by Crippen LogP contribution is 2.33. The van der Waals surface area contributed by atoms with Gasteiger partial charge in [0.15, 0.2) is 11.6 Å². The lowest BCUT2D eigenvalue weighted by Crippen LogP contribution is -2.28. The molecule has 0 unspecified atom stereocenters. The highest BCUT2D eigenvalue weighted by Gasteiger charge is 2.26. The first kappa shape index (κ1) is 15.6. The first-order valence-electron chi connectivity index (χ1n) is 7.02. The predicted octanol–water partition coefficient (Wildman–Crippen LogP) is 2.30. The molecule has 0 aromatic heterocycles. The maximum absolute atomic E-state index is 13.7. The molecule has 1 fully saturated rings. The van der Waals surface area contributed by atoms with Crippen LogP contribution in [-0.4, -0.2) is 26.2 Å². The van der Waals surface area contributed by atoms with Gasteiger partial charge in [0, 0.05) is 24.6 Å². The Balaban J connectivity index is 2.07. The zero-order valence-corrected chi connectivity index (χ0v) is 12.3. The monoisotopic (exact) mass is 296 g/mol. The molecule has 5 nitrogen and oxygen atoms in total. The van der Waals surface area contributed by atoms with Gasteiger partial charge >= 0.3 is 0 Å². The van der Waals surface area contributed by atoms with Crippen LogP contribution >= 0.6 is 0 Å². The molecule has 3 N–H and O–H groups in total. The van der Waals surface area contributed by atoms with Crippen molar-refractivity contribution in [2.45, 2.75) is 31.7 Å². The lowest BCUT2D eigenvalue weighted by Gasteiger charge is -2.16. The molecule has 0 bridgehead atoms. The van der Waals surface area contributed by atoms with Gasteiger partial charge in [-0.2, -0.15) is 0 Å². The van der Waals surface area contributed by atoms with Crippen molar-refractivity contribution in [1.82, 2.24) is 0 Å². The molecule has 0 radical (unpaired) electrons. The quantitative estimate of drug-likeness (QED) is 0.874. The van der Waals surface area contributed by atoms with Crippen LogP contribution < -0.4 is 20.5 Å². The van der Waals surface area contributed by atoms with E-state index in [1.54, 1.807) is 0 Å². The van der Waals surface area contributed by atoms with Gasteiger partial charge in [0.05, 0.1) is 19.9 Å². The molecular weight excluding hydrogens is 275 g/mol. The van der Waals surface area contributed by atoms with Crippen molar-refractivity contribution in [2.24, 2.45) is 11.7 Å². The third kappa shape index (κ3) is 3.64. The first-order valence-corrected chi connectivity index (χ1v) is 7.02. The molecule has 1 aromatic carbocycles. The molecule has 116 valence electrons. The number of nitrogens with two attached hydrogens (primary N) is 1. The van der Waals surface area contributed by atoms with Gasteiger partial charge in [-0.1, -0.05) is 6.42 Å². The van der Waals surface area contributed by atoms with Crippen molar-refractivity contribution < 1.29 is 18.7 Å². The second kappa shape index (κ2) is 6.76. The smallest absolute Gasteiger partial charge is 0.224 e. The van der Waals surface area contributed by atoms with E-state index in [-0.39, 0.29) is 23.6 Å². The summed E-state index contributed by atoms with van der Waals surface area (Å²) in [5, 5.41) is 2.69. The zero-order valence-electron chi connectivity index (χ0n) is 12.3. The number of carbonyl (C=O) groups excluding carboxylic acids is 1. The minimum atomic E-state index is -0.550. The molecule has 2 atom stereocenters. The molecule has 0 saturated heterocycles. The first-order chi connectivity index (χ1) is 10.0. The third-order valence-electron chi connectivity index (χ3n) is 3.91. The summed E-state index contributed by atoms with van der Waals surface area (Å²) < 4.78 is 23.8. The third-order valence-corrected chi connectivity index (χ3v) is 3.91. The standard InChI is InChI=1S/C15H21FN2O3/c1-20-13-8-14(21-2)12(7-10(13)16)18-15(19)6-9-4-3-5-11(9)17/h7-9,11H,3-6,17H2,1-2H3,(H,18,19)/t9-,11+/m0/s1. The second-order valence-electron chi connectivity index (χ2n) is 5.29. The van der Waals surface area contributed by atoms with Gasteiger partial charge < -0.3 is 20.5 Å². The number of ether oxygens (including phenoxy) is 2. The van der Waals surface area contributed by atoms with Gasteiger partial charge in [-0.25, -0.2) is 4.39 Å². The molecule has 1 amide bonds. The molecule has 1 aromatic rings. The Bertz CT molecular complexity index is 522. The number of anilines is 1. The fraction of sp³-hybridized carbons (Fsp3) is 0.533. The van der Waals surface area contributed by atoms with Crippen molar-refractivity contribution >= 4 is 11.6 Å². The molecule has 1 saturated carbocycles. The normalized spacial score (nSPS) is 21.1. The summed E-state index contributed by atoms with van der Waals surface area (Å²) in [7, 11) is 2.83. The largest absolute Gasteiger partial charge is 0.494 e. The average Bonchev–Trinajstić information content (AvgIpc) is 2.84.